The van der Waals surface area contributed by atoms with Crippen molar-refractivity contribution >= 4 is 17.8 Å². The summed E-state index contributed by atoms with van der Waals surface area (Å²) in [5.74, 6) is -2.07. The molecule has 248 valence electrons. The molecule has 1 heterocycles. The van der Waals surface area contributed by atoms with Gasteiger partial charge in [-0.15, -0.1) is 0 Å². The number of hydrogen-bond donors (Lipinski definition) is 1. The van der Waals surface area contributed by atoms with Crippen LogP contribution in [0.25, 0.3) is 0 Å². The van der Waals surface area contributed by atoms with E-state index in [1.165, 1.54) is 26.3 Å². The van der Waals surface area contributed by atoms with Crippen LogP contribution < -0.4 is 14.8 Å². The summed E-state index contributed by atoms with van der Waals surface area (Å²) >= 11 is 0. The molecule has 1 aromatic heterocycles. The van der Waals surface area contributed by atoms with Crippen LogP contribution in [0.3, 0.4) is 0 Å². The molecular weight excluding hydrogens is 592 g/mol. The van der Waals surface area contributed by atoms with Gasteiger partial charge in [0.2, 0.25) is 6.79 Å². The zero-order valence-corrected chi connectivity index (χ0v) is 27.3. The van der Waals surface area contributed by atoms with Gasteiger partial charge in [-0.2, -0.15) is 0 Å². The fourth-order valence-electron chi connectivity index (χ4n) is 4.76. The maximum atomic E-state index is 13.3. The van der Waals surface area contributed by atoms with Gasteiger partial charge in [0, 0.05) is 24.8 Å². The number of pyridine rings is 1. The first-order valence-corrected chi connectivity index (χ1v) is 15.2. The normalized spacial score (nSPS) is 13.2. The second-order valence-electron chi connectivity index (χ2n) is 11.1. The molecule has 0 saturated heterocycles. The minimum Gasteiger partial charge on any atom is -0.493 e. The highest BCUT2D eigenvalue weighted by Crippen LogP contribution is 2.32. The van der Waals surface area contributed by atoms with Gasteiger partial charge in [-0.25, -0.2) is 14.6 Å². The molecule has 46 heavy (non-hydrogen) atoms. The van der Waals surface area contributed by atoms with Crippen LogP contribution in [0, 0.1) is 5.92 Å². The molecule has 0 aliphatic rings. The van der Waals surface area contributed by atoms with Crippen molar-refractivity contribution in [3.05, 3.63) is 89.7 Å². The summed E-state index contributed by atoms with van der Waals surface area (Å²) in [6, 6.07) is 20.3. The zero-order valence-electron chi connectivity index (χ0n) is 27.3. The van der Waals surface area contributed by atoms with Gasteiger partial charge in [0.15, 0.2) is 17.2 Å². The van der Waals surface area contributed by atoms with E-state index in [1.807, 2.05) is 81.4 Å². The Labute approximate surface area is 270 Å². The Kier molecular flexibility index (Phi) is 14.0. The fourth-order valence-corrected chi connectivity index (χ4v) is 4.76. The molecule has 0 saturated carbocycles. The molecule has 0 aliphatic carbocycles. The van der Waals surface area contributed by atoms with Crippen LogP contribution in [-0.2, 0) is 41.6 Å². The van der Waals surface area contributed by atoms with Gasteiger partial charge in [0.25, 0.3) is 5.91 Å². The van der Waals surface area contributed by atoms with E-state index >= 15 is 0 Å². The highest BCUT2D eigenvalue weighted by atomic mass is 16.7. The molecule has 3 atom stereocenters. The van der Waals surface area contributed by atoms with E-state index < -0.39 is 42.4 Å². The van der Waals surface area contributed by atoms with Crippen molar-refractivity contribution in [2.45, 2.75) is 65.4 Å². The Balaban J connectivity index is 1.69. The number of hydrogen-bond acceptors (Lipinski definition) is 10. The first-order valence-electron chi connectivity index (χ1n) is 15.2. The lowest BCUT2D eigenvalue weighted by atomic mass is 9.81. The van der Waals surface area contributed by atoms with Crippen LogP contribution in [0.15, 0.2) is 72.9 Å². The molecule has 2 aromatic carbocycles. The van der Waals surface area contributed by atoms with Crippen molar-refractivity contribution in [3.8, 4) is 11.5 Å². The number of carbonyl (C=O) groups excluding carboxylic acids is 3. The molecule has 0 unspecified atom stereocenters. The number of benzene rings is 2. The lowest BCUT2D eigenvalue weighted by Gasteiger charge is -2.38. The lowest BCUT2D eigenvalue weighted by molar-refractivity contribution is -0.162. The SMILES string of the molecule is CCOCC(=O)OCOc1c(OC)ccnc1C(=O)N[C@@H](C)C(=O)O[C@@H](C)[C@H](Cc1ccccc1)C(C)(C)OCc1ccccc1. The van der Waals surface area contributed by atoms with E-state index in [4.69, 9.17) is 28.4 Å². The number of amides is 1. The second kappa shape index (κ2) is 17.9. The maximum absolute atomic E-state index is 13.3. The standard InChI is InChI=1S/C35H44N2O9/c1-7-42-22-30(38)43-23-44-32-29(41-6)18-19-36-31(32)33(39)37-24(2)34(40)46-25(3)28(20-26-14-10-8-11-15-26)35(4,5)45-21-27-16-12-9-13-17-27/h8-19,24-25,28H,7,20-23H2,1-6H3,(H,37,39)/t24-,25-,28-/m0/s1. The first kappa shape index (κ1) is 36.0. The minimum absolute atomic E-state index is 0.0547. The van der Waals surface area contributed by atoms with Gasteiger partial charge in [-0.05, 0) is 52.2 Å². The van der Waals surface area contributed by atoms with Crippen LogP contribution in [-0.4, -0.2) is 67.7 Å². The summed E-state index contributed by atoms with van der Waals surface area (Å²) in [7, 11) is 1.39. The summed E-state index contributed by atoms with van der Waals surface area (Å²) < 4.78 is 33.2. The van der Waals surface area contributed by atoms with Crippen LogP contribution in [0.4, 0.5) is 0 Å². The van der Waals surface area contributed by atoms with Crippen molar-refractivity contribution in [3.63, 3.8) is 0 Å². The molecule has 11 nitrogen and oxygen atoms in total. The number of methoxy groups -OCH3 is 1. The lowest BCUT2D eigenvalue weighted by Crippen LogP contribution is -2.46. The highest BCUT2D eigenvalue weighted by Gasteiger charge is 2.37. The second-order valence-corrected chi connectivity index (χ2v) is 11.1. The summed E-state index contributed by atoms with van der Waals surface area (Å²) in [6.07, 6.45) is 1.39. The molecule has 0 radical (unpaired) electrons. The van der Waals surface area contributed by atoms with Crippen LogP contribution in [0.1, 0.15) is 56.2 Å². The summed E-state index contributed by atoms with van der Waals surface area (Å²) in [5, 5.41) is 2.62. The number of ether oxygens (including phenoxy) is 6. The summed E-state index contributed by atoms with van der Waals surface area (Å²) in [6.45, 7) is 9.08. The molecule has 0 fully saturated rings. The van der Waals surface area contributed by atoms with E-state index in [-0.39, 0.29) is 29.7 Å². The van der Waals surface area contributed by atoms with Gasteiger partial charge in [0.1, 0.15) is 18.8 Å². The highest BCUT2D eigenvalue weighted by molar-refractivity contribution is 5.98. The Morgan fingerprint density at radius 1 is 0.935 bits per heavy atom. The number of carbonyl (C=O) groups is 3. The third kappa shape index (κ3) is 10.8. The predicted molar refractivity (Wildman–Crippen MR) is 170 cm³/mol. The van der Waals surface area contributed by atoms with E-state index in [1.54, 1.807) is 6.92 Å². The minimum atomic E-state index is -1.04. The molecule has 3 rings (SSSR count). The van der Waals surface area contributed by atoms with Gasteiger partial charge in [-0.1, -0.05) is 60.7 Å². The Hall–Kier alpha value is -4.48. The van der Waals surface area contributed by atoms with Crippen LogP contribution >= 0.6 is 0 Å². The first-order chi connectivity index (χ1) is 22.1. The molecule has 1 N–H and O–H groups in total. The van der Waals surface area contributed by atoms with E-state index in [9.17, 15) is 14.4 Å². The van der Waals surface area contributed by atoms with Gasteiger partial charge in [-0.3, -0.25) is 4.79 Å². The Bertz CT molecular complexity index is 1400. The van der Waals surface area contributed by atoms with Crippen molar-refractivity contribution in [1.29, 1.82) is 0 Å². The molecular formula is C35H44N2O9. The van der Waals surface area contributed by atoms with E-state index in [0.717, 1.165) is 11.1 Å². The van der Waals surface area contributed by atoms with E-state index in [2.05, 4.69) is 10.3 Å². The number of aromatic nitrogens is 1. The third-order valence-corrected chi connectivity index (χ3v) is 7.37. The Morgan fingerprint density at radius 2 is 1.59 bits per heavy atom. The molecule has 0 bridgehead atoms. The fraction of sp³-hybridized carbons (Fsp3) is 0.429. The average Bonchev–Trinajstić information content (AvgIpc) is 3.06. The molecule has 0 aliphatic heterocycles. The van der Waals surface area contributed by atoms with Crippen molar-refractivity contribution < 1.29 is 42.8 Å². The Morgan fingerprint density at radius 3 is 2.22 bits per heavy atom. The number of esters is 2. The monoisotopic (exact) mass is 636 g/mol. The quantitative estimate of drug-likeness (QED) is 0.152. The molecule has 0 spiro atoms. The third-order valence-electron chi connectivity index (χ3n) is 7.37. The molecule has 3 aromatic rings. The average molecular weight is 637 g/mol. The van der Waals surface area contributed by atoms with Gasteiger partial charge >= 0.3 is 11.9 Å². The van der Waals surface area contributed by atoms with Crippen molar-refractivity contribution in [2.75, 3.05) is 27.1 Å². The zero-order chi connectivity index (χ0) is 33.5. The van der Waals surface area contributed by atoms with Crippen molar-refractivity contribution in [1.82, 2.24) is 10.3 Å². The van der Waals surface area contributed by atoms with Crippen molar-refractivity contribution in [2.24, 2.45) is 5.92 Å². The molecule has 1 amide bonds. The van der Waals surface area contributed by atoms with Gasteiger partial charge in [0.05, 0.1) is 19.3 Å². The van der Waals surface area contributed by atoms with Gasteiger partial charge < -0.3 is 33.7 Å². The van der Waals surface area contributed by atoms with Crippen LogP contribution in [0.2, 0.25) is 0 Å². The smallest absolute Gasteiger partial charge is 0.334 e. The summed E-state index contributed by atoms with van der Waals surface area (Å²) in [5.41, 5.74) is 1.27. The molecule has 11 heteroatoms. The predicted octanol–water partition coefficient (Wildman–Crippen LogP) is 4.91. The number of nitrogens with zero attached hydrogens (tertiary/aromatic N) is 1. The maximum Gasteiger partial charge on any atom is 0.334 e. The summed E-state index contributed by atoms with van der Waals surface area (Å²) in [4.78, 5) is 42.4. The largest absolute Gasteiger partial charge is 0.493 e. The van der Waals surface area contributed by atoms with Crippen LogP contribution in [0.5, 0.6) is 11.5 Å². The topological polar surface area (TPSA) is 132 Å². The number of nitrogens with one attached hydrogen (secondary N) is 1. The van der Waals surface area contributed by atoms with E-state index in [0.29, 0.717) is 19.6 Å². The number of rotatable bonds is 18.